The lowest BCUT2D eigenvalue weighted by Gasteiger charge is -2.28. The van der Waals surface area contributed by atoms with Crippen molar-refractivity contribution in [1.29, 1.82) is 0 Å². The molecule has 4 heterocycles. The molecular weight excluding hydrogens is 476 g/mol. The number of furan rings is 1. The molecule has 36 heavy (non-hydrogen) atoms. The number of thiazole rings is 1. The van der Waals surface area contributed by atoms with Crippen molar-refractivity contribution in [2.75, 3.05) is 11.9 Å². The van der Waals surface area contributed by atoms with Gasteiger partial charge in [0.25, 0.3) is 5.91 Å². The Morgan fingerprint density at radius 3 is 2.94 bits per heavy atom. The van der Waals surface area contributed by atoms with Crippen LogP contribution in [0.25, 0.3) is 32.8 Å². The molecule has 1 aliphatic carbocycles. The lowest BCUT2D eigenvalue weighted by Crippen LogP contribution is -2.24. The maximum atomic E-state index is 13.2. The number of carbonyl (C=O) groups is 1. The van der Waals surface area contributed by atoms with Gasteiger partial charge in [0.05, 0.1) is 30.3 Å². The van der Waals surface area contributed by atoms with Crippen molar-refractivity contribution in [3.05, 3.63) is 60.2 Å². The number of nitrogens with zero attached hydrogens (tertiary/aromatic N) is 4. The summed E-state index contributed by atoms with van der Waals surface area (Å²) in [6.45, 7) is 2.78. The SMILES string of the molecule is CCO[C@H]1CC[C@H](n2cc(NC(=O)c3csc(-c4cn[nH]c4)n3)c(-c3ccc4ccoc4c3)n2)CC1. The van der Waals surface area contributed by atoms with Crippen LogP contribution in [-0.2, 0) is 4.74 Å². The third-order valence-electron chi connectivity index (χ3n) is 6.61. The number of H-pyrrole nitrogens is 1. The average molecular weight is 503 g/mol. The van der Waals surface area contributed by atoms with Gasteiger partial charge in [-0.25, -0.2) is 4.98 Å². The highest BCUT2D eigenvalue weighted by Gasteiger charge is 2.25. The summed E-state index contributed by atoms with van der Waals surface area (Å²) in [5.41, 5.74) is 4.22. The van der Waals surface area contributed by atoms with Crippen molar-refractivity contribution >= 4 is 33.9 Å². The van der Waals surface area contributed by atoms with E-state index in [-0.39, 0.29) is 11.9 Å². The quantitative estimate of drug-likeness (QED) is 0.286. The van der Waals surface area contributed by atoms with E-state index in [9.17, 15) is 4.79 Å². The van der Waals surface area contributed by atoms with Gasteiger partial charge in [0.1, 0.15) is 22.0 Å². The molecule has 0 radical (unpaired) electrons. The van der Waals surface area contributed by atoms with Crippen LogP contribution in [-0.4, -0.2) is 43.6 Å². The van der Waals surface area contributed by atoms with Crippen molar-refractivity contribution in [3.8, 4) is 21.8 Å². The number of hydrogen-bond donors (Lipinski definition) is 2. The number of aromatic nitrogens is 5. The van der Waals surface area contributed by atoms with Gasteiger partial charge in [-0.3, -0.25) is 14.6 Å². The number of amides is 1. The number of hydrogen-bond acceptors (Lipinski definition) is 7. The van der Waals surface area contributed by atoms with Gasteiger partial charge in [-0.05, 0) is 44.7 Å². The number of anilines is 1. The van der Waals surface area contributed by atoms with Gasteiger partial charge in [-0.2, -0.15) is 10.2 Å². The topological polar surface area (TPSA) is 111 Å². The van der Waals surface area contributed by atoms with Crippen molar-refractivity contribution in [2.24, 2.45) is 0 Å². The number of carbonyl (C=O) groups excluding carboxylic acids is 1. The summed E-state index contributed by atoms with van der Waals surface area (Å²) in [4.78, 5) is 17.7. The van der Waals surface area contributed by atoms with Gasteiger partial charge in [0.2, 0.25) is 0 Å². The zero-order chi connectivity index (χ0) is 24.5. The molecule has 1 saturated carbocycles. The molecular formula is C26H26N6O3S. The third kappa shape index (κ3) is 4.45. The summed E-state index contributed by atoms with van der Waals surface area (Å²) in [6.07, 6.45) is 11.3. The first-order valence-electron chi connectivity index (χ1n) is 12.1. The van der Waals surface area contributed by atoms with Gasteiger partial charge < -0.3 is 14.5 Å². The Balaban J connectivity index is 1.30. The molecule has 2 N–H and O–H groups in total. The Labute approximate surface area is 211 Å². The smallest absolute Gasteiger partial charge is 0.275 e. The lowest BCUT2D eigenvalue weighted by atomic mass is 9.93. The summed E-state index contributed by atoms with van der Waals surface area (Å²) in [5, 5.41) is 18.3. The van der Waals surface area contributed by atoms with E-state index in [2.05, 4.69) is 20.5 Å². The normalized spacial score (nSPS) is 18.0. The molecule has 5 aromatic rings. The molecule has 184 valence electrons. The van der Waals surface area contributed by atoms with Crippen molar-refractivity contribution in [3.63, 3.8) is 0 Å². The predicted octanol–water partition coefficient (Wildman–Crippen LogP) is 5.92. The van der Waals surface area contributed by atoms with E-state index in [0.29, 0.717) is 23.2 Å². The second-order valence-corrected chi connectivity index (χ2v) is 9.77. The van der Waals surface area contributed by atoms with Crippen molar-refractivity contribution < 1.29 is 13.9 Å². The van der Waals surface area contributed by atoms with E-state index in [0.717, 1.165) is 59.4 Å². The molecule has 0 saturated heterocycles. The van der Waals surface area contributed by atoms with Gasteiger partial charge in [-0.15, -0.1) is 11.3 Å². The van der Waals surface area contributed by atoms with Gasteiger partial charge in [0.15, 0.2) is 0 Å². The van der Waals surface area contributed by atoms with Gasteiger partial charge in [-0.1, -0.05) is 12.1 Å². The number of benzene rings is 1. The molecule has 0 spiro atoms. The highest BCUT2D eigenvalue weighted by molar-refractivity contribution is 7.13. The Morgan fingerprint density at radius 2 is 2.14 bits per heavy atom. The molecule has 0 unspecified atom stereocenters. The Bertz CT molecular complexity index is 1480. The third-order valence-corrected chi connectivity index (χ3v) is 7.50. The van der Waals surface area contributed by atoms with Crippen LogP contribution in [0.5, 0.6) is 0 Å². The molecule has 10 heteroatoms. The van der Waals surface area contributed by atoms with Gasteiger partial charge in [0, 0.05) is 40.9 Å². The van der Waals surface area contributed by atoms with E-state index in [1.165, 1.54) is 11.3 Å². The number of aromatic amines is 1. The van der Waals surface area contributed by atoms with Gasteiger partial charge >= 0.3 is 0 Å². The Kier molecular flexibility index (Phi) is 6.12. The number of nitrogens with one attached hydrogen (secondary N) is 2. The van der Waals surface area contributed by atoms with E-state index in [1.54, 1.807) is 24.0 Å². The summed E-state index contributed by atoms with van der Waals surface area (Å²) in [6, 6.07) is 8.15. The first kappa shape index (κ1) is 22.7. The molecule has 1 fully saturated rings. The number of ether oxygens (including phenoxy) is 1. The maximum absolute atomic E-state index is 13.2. The largest absolute Gasteiger partial charge is 0.464 e. The molecule has 9 nitrogen and oxygen atoms in total. The monoisotopic (exact) mass is 502 g/mol. The fourth-order valence-electron chi connectivity index (χ4n) is 4.76. The first-order chi connectivity index (χ1) is 17.7. The van der Waals surface area contributed by atoms with E-state index in [1.807, 2.05) is 42.1 Å². The summed E-state index contributed by atoms with van der Waals surface area (Å²) in [5.74, 6) is -0.277. The summed E-state index contributed by atoms with van der Waals surface area (Å²) >= 11 is 1.40. The van der Waals surface area contributed by atoms with E-state index >= 15 is 0 Å². The first-order valence-corrected chi connectivity index (χ1v) is 13.0. The van der Waals surface area contributed by atoms with Crippen LogP contribution in [0.1, 0.15) is 49.1 Å². The van der Waals surface area contributed by atoms with Crippen LogP contribution in [0.4, 0.5) is 5.69 Å². The molecule has 0 aliphatic heterocycles. The molecule has 1 amide bonds. The van der Waals surface area contributed by atoms with Crippen LogP contribution in [0.3, 0.4) is 0 Å². The number of fused-ring (bicyclic) bond motifs is 1. The second kappa shape index (κ2) is 9.71. The minimum Gasteiger partial charge on any atom is -0.464 e. The molecule has 1 aliphatic rings. The van der Waals surface area contributed by atoms with Crippen LogP contribution in [0.15, 0.2) is 58.9 Å². The standard InChI is InChI=1S/C26H26N6O3S/c1-2-34-20-7-5-19(6-8-20)32-14-21(24(31-32)17-4-3-16-9-10-35-23(16)11-17)29-25(33)22-15-36-26(30-22)18-12-27-28-13-18/h3-4,9-15,19-20H,2,5-8H2,1H3,(H,27,28)(H,29,33)/t19-,20-. The minimum atomic E-state index is -0.277. The van der Waals surface area contributed by atoms with Crippen molar-refractivity contribution in [2.45, 2.75) is 44.8 Å². The molecule has 0 atom stereocenters. The molecule has 1 aromatic carbocycles. The number of rotatable bonds is 7. The highest BCUT2D eigenvalue weighted by Crippen LogP contribution is 2.35. The zero-order valence-electron chi connectivity index (χ0n) is 19.8. The Morgan fingerprint density at radius 1 is 1.25 bits per heavy atom. The van der Waals surface area contributed by atoms with E-state index in [4.69, 9.17) is 14.3 Å². The Hall–Kier alpha value is -3.76. The fourth-order valence-corrected chi connectivity index (χ4v) is 5.54. The van der Waals surface area contributed by atoms with E-state index < -0.39 is 0 Å². The second-order valence-electron chi connectivity index (χ2n) is 8.91. The van der Waals surface area contributed by atoms with Crippen LogP contribution >= 0.6 is 11.3 Å². The molecule has 0 bridgehead atoms. The summed E-state index contributed by atoms with van der Waals surface area (Å²) in [7, 11) is 0. The zero-order valence-corrected chi connectivity index (χ0v) is 20.6. The van der Waals surface area contributed by atoms with Crippen LogP contribution in [0, 0.1) is 0 Å². The summed E-state index contributed by atoms with van der Waals surface area (Å²) < 4.78 is 13.4. The van der Waals surface area contributed by atoms with Crippen LogP contribution < -0.4 is 5.32 Å². The maximum Gasteiger partial charge on any atom is 0.275 e. The highest BCUT2D eigenvalue weighted by atomic mass is 32.1. The fraction of sp³-hybridized carbons (Fsp3) is 0.308. The molecule has 6 rings (SSSR count). The van der Waals surface area contributed by atoms with Crippen molar-refractivity contribution in [1.82, 2.24) is 25.0 Å². The average Bonchev–Trinajstić information content (AvgIpc) is 3.70. The van der Waals surface area contributed by atoms with Crippen LogP contribution in [0.2, 0.25) is 0 Å². The molecule has 4 aromatic heterocycles. The minimum absolute atomic E-state index is 0.255. The lowest BCUT2D eigenvalue weighted by molar-refractivity contribution is 0.0260. The predicted molar refractivity (Wildman–Crippen MR) is 138 cm³/mol.